The fourth-order valence-corrected chi connectivity index (χ4v) is 1.59. The van der Waals surface area contributed by atoms with Gasteiger partial charge in [0, 0.05) is 12.8 Å². The van der Waals surface area contributed by atoms with E-state index in [4.69, 9.17) is 0 Å². The van der Waals surface area contributed by atoms with Crippen LogP contribution in [0.25, 0.3) is 0 Å². The van der Waals surface area contributed by atoms with Crippen molar-refractivity contribution >= 4 is 11.8 Å². The minimum absolute atomic E-state index is 0.0102. The topological polar surface area (TPSA) is 43.4 Å². The number of hydrogen-bond acceptors (Lipinski definition) is 3. The average Bonchev–Trinajstić information content (AvgIpc) is 2.28. The molecule has 0 heterocycles. The van der Waals surface area contributed by atoms with Gasteiger partial charge in [-0.25, -0.2) is 0 Å². The van der Waals surface area contributed by atoms with Crippen molar-refractivity contribution in [2.45, 2.75) is 58.5 Å². The molecule has 0 aliphatic carbocycles. The zero-order valence-corrected chi connectivity index (χ0v) is 11.4. The van der Waals surface area contributed by atoms with Gasteiger partial charge in [-0.1, -0.05) is 26.7 Å². The number of esters is 1. The van der Waals surface area contributed by atoms with E-state index in [9.17, 15) is 22.8 Å². The zero-order valence-electron chi connectivity index (χ0n) is 11.4. The highest BCUT2D eigenvalue weighted by Crippen LogP contribution is 2.29. The van der Waals surface area contributed by atoms with Gasteiger partial charge in [0.15, 0.2) is 5.92 Å². The second-order valence-electron chi connectivity index (χ2n) is 4.42. The Labute approximate surface area is 111 Å². The van der Waals surface area contributed by atoms with Crippen molar-refractivity contribution in [3.63, 3.8) is 0 Å². The first-order chi connectivity index (χ1) is 8.82. The number of hydrogen-bond donors (Lipinski definition) is 0. The zero-order chi connectivity index (χ0) is 14.9. The molecule has 0 radical (unpaired) electrons. The monoisotopic (exact) mass is 282 g/mol. The first-order valence-electron chi connectivity index (χ1n) is 6.57. The third-order valence-corrected chi connectivity index (χ3v) is 2.77. The summed E-state index contributed by atoms with van der Waals surface area (Å²) in [5.41, 5.74) is 0. The maximum atomic E-state index is 12.4. The molecule has 19 heavy (non-hydrogen) atoms. The highest BCUT2D eigenvalue weighted by atomic mass is 19.4. The van der Waals surface area contributed by atoms with E-state index >= 15 is 0 Å². The van der Waals surface area contributed by atoms with E-state index in [2.05, 4.69) is 4.74 Å². The van der Waals surface area contributed by atoms with Crippen molar-refractivity contribution in [1.82, 2.24) is 0 Å². The van der Waals surface area contributed by atoms with Crippen LogP contribution in [0, 0.1) is 5.92 Å². The Morgan fingerprint density at radius 1 is 1.11 bits per heavy atom. The van der Waals surface area contributed by atoms with Gasteiger partial charge < -0.3 is 4.74 Å². The van der Waals surface area contributed by atoms with Gasteiger partial charge in [0.05, 0.1) is 6.61 Å². The molecule has 0 aromatic heterocycles. The van der Waals surface area contributed by atoms with Crippen LogP contribution in [0.4, 0.5) is 13.2 Å². The second kappa shape index (κ2) is 8.93. The molecular weight excluding hydrogens is 261 g/mol. The molecule has 1 atom stereocenters. The maximum Gasteiger partial charge on any atom is 0.402 e. The number of rotatable bonds is 9. The lowest BCUT2D eigenvalue weighted by atomic mass is 10.1. The normalized spacial score (nSPS) is 13.1. The van der Waals surface area contributed by atoms with E-state index < -0.39 is 18.1 Å². The number of unbranched alkanes of at least 4 members (excludes halogenated alkanes) is 2. The summed E-state index contributed by atoms with van der Waals surface area (Å²) >= 11 is 0. The molecule has 0 aromatic carbocycles. The Morgan fingerprint density at radius 2 is 1.74 bits per heavy atom. The molecule has 112 valence electrons. The lowest BCUT2D eigenvalue weighted by Gasteiger charge is -2.16. The van der Waals surface area contributed by atoms with Crippen molar-refractivity contribution < 1.29 is 27.5 Å². The largest absolute Gasteiger partial charge is 0.465 e. The lowest BCUT2D eigenvalue weighted by Crippen LogP contribution is -2.32. The predicted molar refractivity (Wildman–Crippen MR) is 64.6 cm³/mol. The maximum absolute atomic E-state index is 12.4. The molecule has 0 saturated carbocycles. The highest BCUT2D eigenvalue weighted by molar-refractivity contribution is 5.79. The average molecular weight is 282 g/mol. The summed E-state index contributed by atoms with van der Waals surface area (Å²) in [6.07, 6.45) is -1.86. The van der Waals surface area contributed by atoms with E-state index in [0.717, 1.165) is 19.3 Å². The van der Waals surface area contributed by atoms with Crippen LogP contribution in [0.3, 0.4) is 0 Å². The van der Waals surface area contributed by atoms with E-state index in [1.54, 1.807) is 0 Å². The van der Waals surface area contributed by atoms with Crippen LogP contribution >= 0.6 is 0 Å². The summed E-state index contributed by atoms with van der Waals surface area (Å²) in [6, 6.07) is 0. The molecule has 3 nitrogen and oxygen atoms in total. The Balaban J connectivity index is 3.93. The number of ketones is 1. The first kappa shape index (κ1) is 17.9. The minimum Gasteiger partial charge on any atom is -0.465 e. The van der Waals surface area contributed by atoms with E-state index in [1.807, 2.05) is 6.92 Å². The first-order valence-corrected chi connectivity index (χ1v) is 6.57. The van der Waals surface area contributed by atoms with Gasteiger partial charge in [-0.15, -0.1) is 0 Å². The Morgan fingerprint density at radius 3 is 2.21 bits per heavy atom. The molecule has 0 spiro atoms. The standard InChI is InChI=1S/C13H21F3O3/c1-3-5-6-7-10(17)8-9-19-12(18)11(4-2)13(14,15)16/h11H,3-9H2,1-2H3. The fourth-order valence-electron chi connectivity index (χ4n) is 1.59. The SMILES string of the molecule is CCCCCC(=O)CCOC(=O)C(CC)C(F)(F)F. The molecule has 1 unspecified atom stereocenters. The van der Waals surface area contributed by atoms with Gasteiger partial charge in [-0.3, -0.25) is 9.59 Å². The third-order valence-electron chi connectivity index (χ3n) is 2.77. The van der Waals surface area contributed by atoms with E-state index in [-0.39, 0.29) is 25.2 Å². The summed E-state index contributed by atoms with van der Waals surface area (Å²) < 4.78 is 41.7. The van der Waals surface area contributed by atoms with Crippen LogP contribution in [-0.4, -0.2) is 24.5 Å². The van der Waals surface area contributed by atoms with Crippen LogP contribution in [0.1, 0.15) is 52.4 Å². The number of alkyl halides is 3. The van der Waals surface area contributed by atoms with Gasteiger partial charge in [0.2, 0.25) is 0 Å². The number of halogens is 3. The van der Waals surface area contributed by atoms with Crippen molar-refractivity contribution in [2.24, 2.45) is 5.92 Å². The molecule has 0 aliphatic heterocycles. The Kier molecular flexibility index (Phi) is 8.43. The molecular formula is C13H21F3O3. The molecule has 0 aliphatic rings. The smallest absolute Gasteiger partial charge is 0.402 e. The molecule has 0 rings (SSSR count). The number of ether oxygens (including phenoxy) is 1. The predicted octanol–water partition coefficient (Wildman–Crippen LogP) is 3.66. The molecule has 6 heteroatoms. The van der Waals surface area contributed by atoms with Crippen molar-refractivity contribution in [3.05, 3.63) is 0 Å². The van der Waals surface area contributed by atoms with Gasteiger partial charge in [0.25, 0.3) is 0 Å². The number of Topliss-reactive ketones (excluding diaryl/α,β-unsaturated/α-hetero) is 1. The molecule has 0 aromatic rings. The molecule has 0 bridgehead atoms. The van der Waals surface area contributed by atoms with E-state index in [1.165, 1.54) is 6.92 Å². The molecule has 0 N–H and O–H groups in total. The van der Waals surface area contributed by atoms with Gasteiger partial charge in [0.1, 0.15) is 5.78 Å². The van der Waals surface area contributed by atoms with Crippen LogP contribution < -0.4 is 0 Å². The van der Waals surface area contributed by atoms with Crippen molar-refractivity contribution in [3.8, 4) is 0 Å². The Bertz CT molecular complexity index is 287. The second-order valence-corrected chi connectivity index (χ2v) is 4.42. The summed E-state index contributed by atoms with van der Waals surface area (Å²) in [6.45, 7) is 3.01. The molecule has 0 fully saturated rings. The quantitative estimate of drug-likeness (QED) is 0.479. The van der Waals surface area contributed by atoms with Gasteiger partial charge >= 0.3 is 12.1 Å². The number of carbonyl (C=O) groups is 2. The summed E-state index contributed by atoms with van der Waals surface area (Å²) in [7, 11) is 0. The third kappa shape index (κ3) is 7.85. The van der Waals surface area contributed by atoms with Crippen molar-refractivity contribution in [1.29, 1.82) is 0 Å². The van der Waals surface area contributed by atoms with Crippen LogP contribution in [0.5, 0.6) is 0 Å². The van der Waals surface area contributed by atoms with Crippen molar-refractivity contribution in [2.75, 3.05) is 6.61 Å². The van der Waals surface area contributed by atoms with Crippen LogP contribution in [0.15, 0.2) is 0 Å². The highest BCUT2D eigenvalue weighted by Gasteiger charge is 2.44. The van der Waals surface area contributed by atoms with Crippen LogP contribution in [-0.2, 0) is 14.3 Å². The lowest BCUT2D eigenvalue weighted by molar-refractivity contribution is -0.198. The summed E-state index contributed by atoms with van der Waals surface area (Å²) in [4.78, 5) is 22.5. The Hall–Kier alpha value is -1.07. The van der Waals surface area contributed by atoms with Gasteiger partial charge in [-0.2, -0.15) is 13.2 Å². The van der Waals surface area contributed by atoms with E-state index in [0.29, 0.717) is 6.42 Å². The fraction of sp³-hybridized carbons (Fsp3) is 0.846. The molecule has 0 amide bonds. The summed E-state index contributed by atoms with van der Waals surface area (Å²) in [5.74, 6) is -3.47. The van der Waals surface area contributed by atoms with Crippen LogP contribution in [0.2, 0.25) is 0 Å². The van der Waals surface area contributed by atoms with Gasteiger partial charge in [-0.05, 0) is 12.8 Å². The molecule has 0 saturated heterocycles. The number of carbonyl (C=O) groups excluding carboxylic acids is 2. The summed E-state index contributed by atoms with van der Waals surface area (Å²) in [5, 5.41) is 0. The minimum atomic E-state index is -4.59.